The van der Waals surface area contributed by atoms with Crippen LogP contribution in [0.1, 0.15) is 13.8 Å². The number of hydrogen-bond acceptors (Lipinski definition) is 4. The van der Waals surface area contributed by atoms with Gasteiger partial charge in [-0.2, -0.15) is 5.26 Å². The lowest BCUT2D eigenvalue weighted by Crippen LogP contribution is -2.30. The first kappa shape index (κ1) is 14.8. The van der Waals surface area contributed by atoms with Crippen LogP contribution in [0.2, 0.25) is 0 Å². The number of nitrogens with one attached hydrogen (secondary N) is 2. The first-order chi connectivity index (χ1) is 9.21. The second-order valence-electron chi connectivity index (χ2n) is 4.01. The number of rotatable bonds is 7. The van der Waals surface area contributed by atoms with E-state index in [9.17, 15) is 4.79 Å². The fourth-order valence-electron chi connectivity index (χ4n) is 1.76. The van der Waals surface area contributed by atoms with Crippen LogP contribution >= 0.6 is 0 Å². The zero-order valence-electron chi connectivity index (χ0n) is 11.4. The molecule has 0 aliphatic carbocycles. The summed E-state index contributed by atoms with van der Waals surface area (Å²) in [6.07, 6.45) is 0. The largest absolute Gasteiger partial charge is 0.376 e. The summed E-state index contributed by atoms with van der Waals surface area (Å²) in [6, 6.07) is 9.82. The summed E-state index contributed by atoms with van der Waals surface area (Å²) in [5.41, 5.74) is 2.06. The second kappa shape index (κ2) is 7.98. The van der Waals surface area contributed by atoms with Gasteiger partial charge in [0.25, 0.3) is 0 Å². The van der Waals surface area contributed by atoms with Gasteiger partial charge in [-0.15, -0.1) is 0 Å². The minimum atomic E-state index is -0.186. The highest BCUT2D eigenvalue weighted by Crippen LogP contribution is 2.17. The molecule has 1 rings (SSSR count). The number of hydrogen-bond donors (Lipinski definition) is 2. The predicted molar refractivity (Wildman–Crippen MR) is 77.1 cm³/mol. The van der Waals surface area contributed by atoms with Crippen LogP contribution in [0, 0.1) is 11.3 Å². The van der Waals surface area contributed by atoms with Crippen molar-refractivity contribution in [2.45, 2.75) is 13.8 Å². The maximum Gasteiger partial charge on any atom is 0.240 e. The molecule has 1 aromatic rings. The number of nitrogens with zero attached hydrogens (tertiary/aromatic N) is 2. The fourth-order valence-corrected chi connectivity index (χ4v) is 1.76. The third-order valence-electron chi connectivity index (χ3n) is 2.81. The molecule has 0 aliphatic heterocycles. The van der Waals surface area contributed by atoms with Crippen LogP contribution in [0.4, 0.5) is 11.4 Å². The number of carbonyl (C=O) groups excluding carboxylic acids is 1. The number of benzene rings is 1. The maximum absolute atomic E-state index is 11.3. The van der Waals surface area contributed by atoms with Gasteiger partial charge in [0.15, 0.2) is 0 Å². The number of anilines is 2. The van der Waals surface area contributed by atoms with E-state index in [1.807, 2.05) is 30.3 Å². The van der Waals surface area contributed by atoms with Crippen molar-refractivity contribution in [3.8, 4) is 6.07 Å². The smallest absolute Gasteiger partial charge is 0.240 e. The van der Waals surface area contributed by atoms with E-state index in [4.69, 9.17) is 5.26 Å². The fraction of sp³-hybridized carbons (Fsp3) is 0.429. The van der Waals surface area contributed by atoms with E-state index in [1.54, 1.807) is 0 Å². The molecule has 102 valence electrons. The van der Waals surface area contributed by atoms with Crippen LogP contribution in [0.5, 0.6) is 0 Å². The molecule has 5 heteroatoms. The van der Waals surface area contributed by atoms with Crippen molar-refractivity contribution in [1.82, 2.24) is 5.32 Å². The van der Waals surface area contributed by atoms with E-state index in [2.05, 4.69) is 29.4 Å². The Hall–Kier alpha value is -2.22. The third-order valence-corrected chi connectivity index (χ3v) is 2.81. The third kappa shape index (κ3) is 4.88. The van der Waals surface area contributed by atoms with Gasteiger partial charge in [0.1, 0.15) is 6.54 Å². The van der Waals surface area contributed by atoms with Crippen LogP contribution in [0.25, 0.3) is 0 Å². The predicted octanol–water partition coefficient (Wildman–Crippen LogP) is 1.58. The SMILES string of the molecule is CCN(CC)c1ccc(NCC(=O)NCC#N)cc1. The molecule has 0 heterocycles. The van der Waals surface area contributed by atoms with E-state index in [0.717, 1.165) is 18.8 Å². The van der Waals surface area contributed by atoms with Gasteiger partial charge in [0.05, 0.1) is 12.6 Å². The van der Waals surface area contributed by atoms with E-state index >= 15 is 0 Å². The van der Waals surface area contributed by atoms with Crippen molar-refractivity contribution in [1.29, 1.82) is 5.26 Å². The van der Waals surface area contributed by atoms with E-state index in [-0.39, 0.29) is 19.0 Å². The van der Waals surface area contributed by atoms with Gasteiger partial charge in [-0.25, -0.2) is 0 Å². The van der Waals surface area contributed by atoms with Gasteiger partial charge in [0.2, 0.25) is 5.91 Å². The summed E-state index contributed by atoms with van der Waals surface area (Å²) in [5.74, 6) is -0.186. The average molecular weight is 260 g/mol. The molecule has 0 saturated carbocycles. The molecule has 0 bridgehead atoms. The van der Waals surface area contributed by atoms with Gasteiger partial charge in [-0.1, -0.05) is 0 Å². The Morgan fingerprint density at radius 2 is 1.89 bits per heavy atom. The van der Waals surface area contributed by atoms with Gasteiger partial charge in [0, 0.05) is 24.5 Å². The molecule has 1 amide bonds. The molecule has 0 aliphatic rings. The molecule has 19 heavy (non-hydrogen) atoms. The Bertz CT molecular complexity index is 432. The minimum absolute atomic E-state index is 0.0431. The first-order valence-electron chi connectivity index (χ1n) is 6.43. The number of amides is 1. The Labute approximate surface area is 114 Å². The Morgan fingerprint density at radius 3 is 2.42 bits per heavy atom. The van der Waals surface area contributed by atoms with Gasteiger partial charge in [-0.05, 0) is 38.1 Å². The first-order valence-corrected chi connectivity index (χ1v) is 6.43. The van der Waals surface area contributed by atoms with E-state index in [0.29, 0.717) is 0 Å². The average Bonchev–Trinajstić information content (AvgIpc) is 2.45. The standard InChI is InChI=1S/C14H20N4O/c1-3-18(4-2)13-7-5-12(6-8-13)17-11-14(19)16-10-9-15/h5-8,17H,3-4,10-11H2,1-2H3,(H,16,19). The van der Waals surface area contributed by atoms with Crippen LogP contribution in [0.3, 0.4) is 0 Å². The summed E-state index contributed by atoms with van der Waals surface area (Å²) in [5, 5.41) is 13.8. The van der Waals surface area contributed by atoms with E-state index < -0.39 is 0 Å². The lowest BCUT2D eigenvalue weighted by Gasteiger charge is -2.21. The van der Waals surface area contributed by atoms with Gasteiger partial charge in [-0.3, -0.25) is 4.79 Å². The number of nitriles is 1. The quantitative estimate of drug-likeness (QED) is 0.730. The molecule has 1 aromatic carbocycles. The van der Waals surface area contributed by atoms with Crippen LogP contribution in [-0.4, -0.2) is 32.1 Å². The van der Waals surface area contributed by atoms with Gasteiger partial charge >= 0.3 is 0 Å². The van der Waals surface area contributed by atoms with Gasteiger partial charge < -0.3 is 15.5 Å². The molecule has 2 N–H and O–H groups in total. The Balaban J connectivity index is 2.48. The van der Waals surface area contributed by atoms with Crippen molar-refractivity contribution in [3.63, 3.8) is 0 Å². The summed E-state index contributed by atoms with van der Waals surface area (Å²) < 4.78 is 0. The molecule has 0 unspecified atom stereocenters. The van der Waals surface area contributed by atoms with Crippen molar-refractivity contribution in [2.24, 2.45) is 0 Å². The highest BCUT2D eigenvalue weighted by Gasteiger charge is 2.02. The topological polar surface area (TPSA) is 68.2 Å². The molecular weight excluding hydrogens is 240 g/mol. The highest BCUT2D eigenvalue weighted by atomic mass is 16.1. The molecule has 0 spiro atoms. The Morgan fingerprint density at radius 1 is 1.26 bits per heavy atom. The summed E-state index contributed by atoms with van der Waals surface area (Å²) in [4.78, 5) is 13.6. The lowest BCUT2D eigenvalue weighted by molar-refractivity contribution is -0.119. The van der Waals surface area contributed by atoms with Crippen LogP contribution < -0.4 is 15.5 Å². The molecule has 0 radical (unpaired) electrons. The van der Waals surface area contributed by atoms with Crippen LogP contribution in [0.15, 0.2) is 24.3 Å². The monoisotopic (exact) mass is 260 g/mol. The molecular formula is C14H20N4O. The molecule has 0 saturated heterocycles. The van der Waals surface area contributed by atoms with Crippen molar-refractivity contribution in [3.05, 3.63) is 24.3 Å². The normalized spacial score (nSPS) is 9.53. The minimum Gasteiger partial charge on any atom is -0.376 e. The maximum atomic E-state index is 11.3. The molecule has 5 nitrogen and oxygen atoms in total. The highest BCUT2D eigenvalue weighted by molar-refractivity contribution is 5.80. The van der Waals surface area contributed by atoms with E-state index in [1.165, 1.54) is 5.69 Å². The second-order valence-corrected chi connectivity index (χ2v) is 4.01. The lowest BCUT2D eigenvalue weighted by atomic mass is 10.2. The van der Waals surface area contributed by atoms with Crippen molar-refractivity contribution >= 4 is 17.3 Å². The zero-order valence-corrected chi connectivity index (χ0v) is 11.4. The van der Waals surface area contributed by atoms with Crippen molar-refractivity contribution < 1.29 is 4.79 Å². The molecule has 0 atom stereocenters. The van der Waals surface area contributed by atoms with Crippen LogP contribution in [-0.2, 0) is 4.79 Å². The Kier molecular flexibility index (Phi) is 6.23. The van der Waals surface area contributed by atoms with Crippen molar-refractivity contribution in [2.75, 3.05) is 36.4 Å². The number of carbonyl (C=O) groups is 1. The molecule has 0 aromatic heterocycles. The summed E-state index contributed by atoms with van der Waals surface area (Å²) in [7, 11) is 0. The zero-order chi connectivity index (χ0) is 14.1. The summed E-state index contributed by atoms with van der Waals surface area (Å²) in [6.45, 7) is 6.40. The summed E-state index contributed by atoms with van der Waals surface area (Å²) >= 11 is 0. The molecule has 0 fully saturated rings.